The maximum absolute atomic E-state index is 12.8. The number of hydrogen-bond acceptors (Lipinski definition) is 6. The number of carbonyl (C=O) groups is 1. The summed E-state index contributed by atoms with van der Waals surface area (Å²) < 4.78 is 5.86. The number of pyridine rings is 1. The predicted octanol–water partition coefficient (Wildman–Crippen LogP) is 1.77. The van der Waals surface area contributed by atoms with Crippen LogP contribution in [-0.4, -0.2) is 59.6 Å². The van der Waals surface area contributed by atoms with Gasteiger partial charge in [-0.3, -0.25) is 4.79 Å². The molecule has 132 valence electrons. The molecule has 7 nitrogen and oxygen atoms in total. The van der Waals surface area contributed by atoms with Gasteiger partial charge < -0.3 is 14.5 Å². The number of nitrogens with zero attached hydrogens (tertiary/aromatic N) is 5. The van der Waals surface area contributed by atoms with Crippen LogP contribution in [0, 0.1) is 13.8 Å². The monoisotopic (exact) mass is 341 g/mol. The van der Waals surface area contributed by atoms with Crippen molar-refractivity contribution >= 4 is 11.7 Å². The Labute approximate surface area is 147 Å². The summed E-state index contributed by atoms with van der Waals surface area (Å²) in [6.45, 7) is 5.15. The van der Waals surface area contributed by atoms with Crippen molar-refractivity contribution in [2.24, 2.45) is 0 Å². The third-order valence-electron chi connectivity index (χ3n) is 4.23. The fraction of sp³-hybridized carbons (Fsp3) is 0.444. The van der Waals surface area contributed by atoms with Crippen LogP contribution in [0.15, 0.2) is 24.4 Å². The first kappa shape index (κ1) is 17.3. The molecule has 0 aliphatic carbocycles. The van der Waals surface area contributed by atoms with Crippen LogP contribution in [0.4, 0.5) is 5.82 Å². The van der Waals surface area contributed by atoms with Gasteiger partial charge in [0.15, 0.2) is 0 Å². The highest BCUT2D eigenvalue weighted by Gasteiger charge is 2.28. The second-order valence-electron chi connectivity index (χ2n) is 6.34. The van der Waals surface area contributed by atoms with Gasteiger partial charge in [0, 0.05) is 26.8 Å². The van der Waals surface area contributed by atoms with E-state index < -0.39 is 0 Å². The molecule has 0 bridgehead atoms. The first-order valence-corrected chi connectivity index (χ1v) is 8.31. The molecule has 0 radical (unpaired) electrons. The number of carbonyl (C=O) groups excluding carboxylic acids is 1. The Balaban J connectivity index is 1.79. The van der Waals surface area contributed by atoms with Gasteiger partial charge in [0.1, 0.15) is 17.7 Å². The number of anilines is 1. The highest BCUT2D eigenvalue weighted by Crippen LogP contribution is 2.23. The predicted molar refractivity (Wildman–Crippen MR) is 94.7 cm³/mol. The number of rotatable bonds is 3. The van der Waals surface area contributed by atoms with Gasteiger partial charge in [-0.25, -0.2) is 15.0 Å². The summed E-state index contributed by atoms with van der Waals surface area (Å²) in [6, 6.07) is 5.84. The Morgan fingerprint density at radius 2 is 2.08 bits per heavy atom. The van der Waals surface area contributed by atoms with Crippen molar-refractivity contribution in [1.82, 2.24) is 19.9 Å². The van der Waals surface area contributed by atoms with Gasteiger partial charge in [-0.15, -0.1) is 0 Å². The Kier molecular flexibility index (Phi) is 4.94. The third kappa shape index (κ3) is 3.76. The molecule has 1 aliphatic heterocycles. The zero-order valence-electron chi connectivity index (χ0n) is 15.1. The first-order valence-electron chi connectivity index (χ1n) is 8.31. The number of aromatic nitrogens is 3. The molecule has 0 spiro atoms. The van der Waals surface area contributed by atoms with Gasteiger partial charge >= 0.3 is 0 Å². The lowest BCUT2D eigenvalue weighted by atomic mass is 10.1. The van der Waals surface area contributed by atoms with Gasteiger partial charge in [0.2, 0.25) is 0 Å². The maximum Gasteiger partial charge on any atom is 0.257 e. The van der Waals surface area contributed by atoms with Crippen molar-refractivity contribution in [2.75, 3.05) is 38.7 Å². The highest BCUT2D eigenvalue weighted by molar-refractivity contribution is 5.95. The number of hydrogen-bond donors (Lipinski definition) is 0. The Morgan fingerprint density at radius 1 is 1.28 bits per heavy atom. The van der Waals surface area contributed by atoms with Gasteiger partial charge in [-0.05, 0) is 26.0 Å². The molecular weight excluding hydrogens is 318 g/mol. The summed E-state index contributed by atoms with van der Waals surface area (Å²) in [5.41, 5.74) is 2.08. The minimum absolute atomic E-state index is 0.0606. The average Bonchev–Trinajstić information content (AvgIpc) is 2.61. The van der Waals surface area contributed by atoms with Crippen molar-refractivity contribution in [3.05, 3.63) is 47.2 Å². The van der Waals surface area contributed by atoms with Crippen LogP contribution < -0.4 is 4.90 Å². The van der Waals surface area contributed by atoms with E-state index in [0.717, 1.165) is 11.5 Å². The summed E-state index contributed by atoms with van der Waals surface area (Å²) >= 11 is 0. The van der Waals surface area contributed by atoms with E-state index in [4.69, 9.17) is 4.74 Å². The Bertz CT molecular complexity index is 778. The normalized spacial score (nSPS) is 17.4. The van der Waals surface area contributed by atoms with Crippen LogP contribution in [0.1, 0.15) is 33.7 Å². The summed E-state index contributed by atoms with van der Waals surface area (Å²) in [5, 5.41) is 0. The van der Waals surface area contributed by atoms with E-state index in [1.807, 2.05) is 51.0 Å². The van der Waals surface area contributed by atoms with Crippen molar-refractivity contribution in [2.45, 2.75) is 20.0 Å². The van der Waals surface area contributed by atoms with Gasteiger partial charge in [-0.2, -0.15) is 0 Å². The van der Waals surface area contributed by atoms with Crippen LogP contribution >= 0.6 is 0 Å². The molecule has 1 aliphatic rings. The molecule has 3 rings (SSSR count). The van der Waals surface area contributed by atoms with Crippen molar-refractivity contribution in [3.8, 4) is 0 Å². The molecule has 0 N–H and O–H groups in total. The molecule has 1 amide bonds. The Morgan fingerprint density at radius 3 is 2.80 bits per heavy atom. The van der Waals surface area contributed by atoms with E-state index in [1.54, 1.807) is 11.1 Å². The molecule has 2 aromatic rings. The Hall–Kier alpha value is -2.54. The van der Waals surface area contributed by atoms with Gasteiger partial charge in [0.05, 0.1) is 30.1 Å². The van der Waals surface area contributed by atoms with E-state index in [9.17, 15) is 4.79 Å². The minimum Gasteiger partial charge on any atom is -0.368 e. The molecule has 0 saturated carbocycles. The minimum atomic E-state index is -0.232. The van der Waals surface area contributed by atoms with E-state index >= 15 is 0 Å². The molecular formula is C18H23N5O2. The molecule has 1 atom stereocenters. The van der Waals surface area contributed by atoms with E-state index in [0.29, 0.717) is 36.8 Å². The standard InChI is InChI=1S/C18H23N5O2/c1-12-14(10-19-13(2)20-12)18(24)23-8-9-25-16(11-23)15-6-5-7-17(21-15)22(3)4/h5-7,10,16H,8-9,11H2,1-4H3/t16-/m1/s1. The zero-order chi connectivity index (χ0) is 18.0. The van der Waals surface area contributed by atoms with Crippen LogP contribution in [0.2, 0.25) is 0 Å². The summed E-state index contributed by atoms with van der Waals surface area (Å²) in [5.74, 6) is 1.47. The highest BCUT2D eigenvalue weighted by atomic mass is 16.5. The number of aryl methyl sites for hydroxylation is 2. The summed E-state index contributed by atoms with van der Waals surface area (Å²) in [7, 11) is 3.90. The molecule has 7 heteroatoms. The molecule has 0 unspecified atom stereocenters. The summed E-state index contributed by atoms with van der Waals surface area (Å²) in [6.07, 6.45) is 1.37. The smallest absolute Gasteiger partial charge is 0.257 e. The first-order chi connectivity index (χ1) is 12.0. The number of morpholine rings is 1. The summed E-state index contributed by atoms with van der Waals surface area (Å²) in [4.78, 5) is 29.7. The second kappa shape index (κ2) is 7.14. The van der Waals surface area contributed by atoms with E-state index in [2.05, 4.69) is 15.0 Å². The van der Waals surface area contributed by atoms with Crippen LogP contribution in [0.25, 0.3) is 0 Å². The second-order valence-corrected chi connectivity index (χ2v) is 6.34. The van der Waals surface area contributed by atoms with E-state index in [1.165, 1.54) is 0 Å². The van der Waals surface area contributed by atoms with Gasteiger partial charge in [0.25, 0.3) is 5.91 Å². The topological polar surface area (TPSA) is 71.5 Å². The van der Waals surface area contributed by atoms with Crippen LogP contribution in [0.3, 0.4) is 0 Å². The maximum atomic E-state index is 12.8. The van der Waals surface area contributed by atoms with Crippen LogP contribution in [0.5, 0.6) is 0 Å². The van der Waals surface area contributed by atoms with Crippen LogP contribution in [-0.2, 0) is 4.74 Å². The molecule has 3 heterocycles. The molecule has 1 saturated heterocycles. The lowest BCUT2D eigenvalue weighted by Crippen LogP contribution is -2.42. The third-order valence-corrected chi connectivity index (χ3v) is 4.23. The average molecular weight is 341 g/mol. The number of amides is 1. The van der Waals surface area contributed by atoms with Crippen molar-refractivity contribution in [1.29, 1.82) is 0 Å². The molecule has 25 heavy (non-hydrogen) atoms. The SMILES string of the molecule is Cc1ncc(C(=O)N2CCO[C@@H](c3cccc(N(C)C)n3)C2)c(C)n1. The fourth-order valence-electron chi connectivity index (χ4n) is 2.84. The lowest BCUT2D eigenvalue weighted by Gasteiger charge is -2.33. The fourth-order valence-corrected chi connectivity index (χ4v) is 2.84. The van der Waals surface area contributed by atoms with Gasteiger partial charge in [-0.1, -0.05) is 6.07 Å². The lowest BCUT2D eigenvalue weighted by molar-refractivity contribution is -0.0247. The largest absolute Gasteiger partial charge is 0.368 e. The zero-order valence-corrected chi connectivity index (χ0v) is 15.1. The quantitative estimate of drug-likeness (QED) is 0.847. The molecule has 1 fully saturated rings. The van der Waals surface area contributed by atoms with Crippen molar-refractivity contribution < 1.29 is 9.53 Å². The molecule has 2 aromatic heterocycles. The molecule has 0 aromatic carbocycles. The van der Waals surface area contributed by atoms with Crippen molar-refractivity contribution in [3.63, 3.8) is 0 Å². The van der Waals surface area contributed by atoms with E-state index in [-0.39, 0.29) is 12.0 Å². The number of ether oxygens (including phenoxy) is 1.